The van der Waals surface area contributed by atoms with Crippen molar-refractivity contribution in [3.63, 3.8) is 0 Å². The number of amides is 2. The Labute approximate surface area is 314 Å². The Kier molecular flexibility index (Phi) is 11.5. The van der Waals surface area contributed by atoms with Crippen LogP contribution in [0, 0.1) is 13.5 Å². The molecule has 0 saturated carbocycles. The molecule has 1 fully saturated rings. The third kappa shape index (κ3) is 9.03. The Bertz CT molecular complexity index is 2410. The van der Waals surface area contributed by atoms with E-state index in [2.05, 4.69) is 29.4 Å². The van der Waals surface area contributed by atoms with Crippen molar-refractivity contribution in [2.45, 2.75) is 31.0 Å². The van der Waals surface area contributed by atoms with Gasteiger partial charge in [0.1, 0.15) is 21.9 Å². The van der Waals surface area contributed by atoms with E-state index in [1.807, 2.05) is 0 Å². The number of benzene rings is 3. The van der Waals surface area contributed by atoms with Gasteiger partial charge in [0.25, 0.3) is 0 Å². The molecule has 3 aromatic carbocycles. The summed E-state index contributed by atoms with van der Waals surface area (Å²) < 4.78 is 75.7. The SMILES string of the molecule is O=S(=O)([O-])c1ccccc1.[C-]#[N+]c1ccc(-n2nccc2-c2c(C)n(-c3cccc(C(F)(F)F)c3)c(=O)n2C(=O)N[C@@H](C)C(=O)N2CC[N+](C)(C)CC2)cc1. The number of likely N-dealkylation sites (N-methyl/N-ethyl adjacent to an activating group) is 1. The van der Waals surface area contributed by atoms with E-state index < -0.39 is 39.6 Å². The number of hydrogen-bond donors (Lipinski definition) is 1. The fourth-order valence-corrected chi connectivity index (χ4v) is 6.47. The first kappa shape index (κ1) is 40.2. The van der Waals surface area contributed by atoms with Gasteiger partial charge in [-0.1, -0.05) is 36.4 Å². The van der Waals surface area contributed by atoms with Gasteiger partial charge in [-0.3, -0.25) is 9.36 Å². The second-order valence-corrected chi connectivity index (χ2v) is 14.7. The zero-order valence-electron chi connectivity index (χ0n) is 30.2. The maximum absolute atomic E-state index is 14.0. The standard InChI is InChI=1S/C31H31F3N8O3.C6H6O3S/c1-20(28(43)38-15-17-42(4,5)18-16-38)37-29(44)40-27(26-13-14-36-41(26)24-11-9-23(35-3)10-12-24)21(2)39(30(40)45)25-8-6-7-22(19-25)31(32,33)34;7-10(8,9)6-4-2-1-3-5-6/h6-14,19-20H,15-18H2,1-2,4-5H3;1-5H,(H,7,8,9)/t20-;/m0./s1. The van der Waals surface area contributed by atoms with Crippen LogP contribution >= 0.6 is 0 Å². The van der Waals surface area contributed by atoms with Crippen LogP contribution in [-0.2, 0) is 21.1 Å². The van der Waals surface area contributed by atoms with Crippen LogP contribution < -0.4 is 11.0 Å². The van der Waals surface area contributed by atoms with Crippen LogP contribution in [0.5, 0.6) is 0 Å². The molecule has 1 atom stereocenters. The van der Waals surface area contributed by atoms with Gasteiger partial charge in [0.2, 0.25) is 5.91 Å². The fourth-order valence-electron chi connectivity index (χ4n) is 5.98. The first-order chi connectivity index (χ1) is 25.8. The van der Waals surface area contributed by atoms with Crippen LogP contribution in [0.15, 0.2) is 101 Å². The van der Waals surface area contributed by atoms with Crippen molar-refractivity contribution < 1.29 is 40.2 Å². The van der Waals surface area contributed by atoms with Crippen LogP contribution in [0.4, 0.5) is 23.7 Å². The lowest BCUT2D eigenvalue weighted by atomic mass is 10.2. The van der Waals surface area contributed by atoms with E-state index in [1.54, 1.807) is 41.3 Å². The number of rotatable bonds is 6. The lowest BCUT2D eigenvalue weighted by molar-refractivity contribution is -0.894. The first-order valence-electron chi connectivity index (χ1n) is 16.8. The average molecular weight is 779 g/mol. The number of nitrogens with one attached hydrogen (secondary N) is 1. The van der Waals surface area contributed by atoms with Crippen molar-refractivity contribution >= 4 is 27.7 Å². The van der Waals surface area contributed by atoms with E-state index in [1.165, 1.54) is 61.1 Å². The number of quaternary nitrogens is 1. The quantitative estimate of drug-likeness (QED) is 0.147. The van der Waals surface area contributed by atoms with E-state index in [9.17, 15) is 40.5 Å². The van der Waals surface area contributed by atoms with E-state index in [0.29, 0.717) is 24.5 Å². The minimum Gasteiger partial charge on any atom is -0.744 e. The van der Waals surface area contributed by atoms with Crippen molar-refractivity contribution in [2.24, 2.45) is 0 Å². The van der Waals surface area contributed by atoms with Crippen molar-refractivity contribution in [2.75, 3.05) is 40.3 Å². The number of aromatic nitrogens is 4. The molecule has 1 saturated heterocycles. The number of carbonyl (C=O) groups excluding carboxylic acids is 2. The lowest BCUT2D eigenvalue weighted by Crippen LogP contribution is -2.59. The smallest absolute Gasteiger partial charge is 0.416 e. The Balaban J connectivity index is 0.000000504. The van der Waals surface area contributed by atoms with Crippen LogP contribution in [-0.4, -0.2) is 99.5 Å². The van der Waals surface area contributed by atoms with Crippen molar-refractivity contribution in [1.29, 1.82) is 0 Å². The predicted octanol–water partition coefficient (Wildman–Crippen LogP) is 4.83. The molecule has 0 unspecified atom stereocenters. The second-order valence-electron chi connectivity index (χ2n) is 13.3. The van der Waals surface area contributed by atoms with Crippen molar-refractivity contribution in [1.82, 2.24) is 29.1 Å². The Hall–Kier alpha value is -6.03. The van der Waals surface area contributed by atoms with Crippen LogP contribution in [0.1, 0.15) is 18.2 Å². The molecule has 1 aliphatic heterocycles. The highest BCUT2D eigenvalue weighted by molar-refractivity contribution is 7.85. The highest BCUT2D eigenvalue weighted by Gasteiger charge is 2.34. The molecule has 288 valence electrons. The highest BCUT2D eigenvalue weighted by atomic mass is 32.2. The van der Waals surface area contributed by atoms with Gasteiger partial charge in [-0.25, -0.2) is 32.1 Å². The summed E-state index contributed by atoms with van der Waals surface area (Å²) in [5.74, 6) is -0.309. The van der Waals surface area contributed by atoms with Gasteiger partial charge >= 0.3 is 17.9 Å². The van der Waals surface area contributed by atoms with E-state index in [0.717, 1.165) is 38.8 Å². The lowest BCUT2D eigenvalue weighted by Gasteiger charge is -2.39. The highest BCUT2D eigenvalue weighted by Crippen LogP contribution is 2.32. The molecule has 3 heterocycles. The summed E-state index contributed by atoms with van der Waals surface area (Å²) >= 11 is 0. The molecule has 0 spiro atoms. The number of carbonyl (C=O) groups is 2. The molecule has 0 radical (unpaired) electrons. The summed E-state index contributed by atoms with van der Waals surface area (Å²) in [6.45, 7) is 12.8. The normalized spacial score (nSPS) is 14.6. The molecular formula is C37H37F3N8O6S. The number of nitrogens with zero attached hydrogens (tertiary/aromatic N) is 7. The molecule has 18 heteroatoms. The molecular weight excluding hydrogens is 742 g/mol. The van der Waals surface area contributed by atoms with Gasteiger partial charge < -0.3 is 19.3 Å². The van der Waals surface area contributed by atoms with Crippen molar-refractivity contribution in [3.05, 3.63) is 124 Å². The number of alkyl halides is 3. The summed E-state index contributed by atoms with van der Waals surface area (Å²) in [5.41, 5.74) is -0.540. The van der Waals surface area contributed by atoms with E-state index >= 15 is 0 Å². The van der Waals surface area contributed by atoms with Gasteiger partial charge in [0.15, 0.2) is 5.69 Å². The summed E-state index contributed by atoms with van der Waals surface area (Å²) in [5, 5.41) is 6.98. The number of hydrogen-bond acceptors (Lipinski definition) is 7. The molecule has 2 aromatic heterocycles. The second kappa shape index (κ2) is 15.8. The van der Waals surface area contributed by atoms with E-state index in [-0.39, 0.29) is 33.6 Å². The van der Waals surface area contributed by atoms with Crippen LogP contribution in [0.2, 0.25) is 0 Å². The molecule has 55 heavy (non-hydrogen) atoms. The largest absolute Gasteiger partial charge is 0.744 e. The molecule has 2 amide bonds. The zero-order chi connectivity index (χ0) is 40.3. The molecule has 0 aliphatic carbocycles. The fraction of sp³-hybridized carbons (Fsp3) is 0.270. The Morgan fingerprint density at radius 3 is 2.16 bits per heavy atom. The Morgan fingerprint density at radius 1 is 0.964 bits per heavy atom. The first-order valence-corrected chi connectivity index (χ1v) is 18.2. The summed E-state index contributed by atoms with van der Waals surface area (Å²) in [6.07, 6.45) is -3.21. The van der Waals surface area contributed by atoms with Gasteiger partial charge in [-0.2, -0.15) is 18.3 Å². The topological polar surface area (TPSA) is 156 Å². The predicted molar refractivity (Wildman–Crippen MR) is 195 cm³/mol. The Morgan fingerprint density at radius 2 is 1.60 bits per heavy atom. The van der Waals surface area contributed by atoms with Gasteiger partial charge in [-0.15, -0.1) is 0 Å². The van der Waals surface area contributed by atoms with E-state index in [4.69, 9.17) is 6.57 Å². The molecule has 6 rings (SSSR count). The van der Waals surface area contributed by atoms with Crippen molar-refractivity contribution in [3.8, 4) is 22.8 Å². The average Bonchev–Trinajstić information content (AvgIpc) is 3.72. The minimum absolute atomic E-state index is 0.0679. The summed E-state index contributed by atoms with van der Waals surface area (Å²) in [7, 11) is -0.110. The van der Waals surface area contributed by atoms with Crippen LogP contribution in [0.25, 0.3) is 27.6 Å². The molecule has 0 bridgehead atoms. The van der Waals surface area contributed by atoms with Gasteiger partial charge in [-0.05, 0) is 62.4 Å². The monoisotopic (exact) mass is 778 g/mol. The van der Waals surface area contributed by atoms with Gasteiger partial charge in [0.05, 0.1) is 86.3 Å². The number of imidazole rings is 1. The minimum atomic E-state index is -4.66. The van der Waals surface area contributed by atoms with Crippen LogP contribution in [0.3, 0.4) is 0 Å². The molecule has 1 aliphatic rings. The third-order valence-electron chi connectivity index (χ3n) is 9.03. The summed E-state index contributed by atoms with van der Waals surface area (Å²) in [6, 6.07) is 17.6. The molecule has 1 N–H and O–H groups in total. The number of halogens is 3. The maximum atomic E-state index is 14.0. The summed E-state index contributed by atoms with van der Waals surface area (Å²) in [4.78, 5) is 46.0. The number of piperazine rings is 1. The van der Waals surface area contributed by atoms with Gasteiger partial charge in [0, 0.05) is 0 Å². The maximum Gasteiger partial charge on any atom is 0.416 e. The third-order valence-corrected chi connectivity index (χ3v) is 9.88. The zero-order valence-corrected chi connectivity index (χ0v) is 31.0. The molecule has 5 aromatic rings. The molecule has 14 nitrogen and oxygen atoms in total.